The Balaban J connectivity index is 2.21. The van der Waals surface area contributed by atoms with Gasteiger partial charge in [-0.1, -0.05) is 56.3 Å². The van der Waals surface area contributed by atoms with Gasteiger partial charge in [-0.05, 0) is 29.2 Å². The second-order valence-electron chi connectivity index (χ2n) is 6.82. The Morgan fingerprint density at radius 1 is 1.11 bits per heavy atom. The molecule has 0 heterocycles. The molecule has 146 valence electrons. The van der Waals surface area contributed by atoms with Crippen molar-refractivity contribution in [2.75, 3.05) is 12.8 Å². The number of carbonyl (C=O) groups excluding carboxylic acids is 1. The van der Waals surface area contributed by atoms with E-state index in [-0.39, 0.29) is 17.6 Å². The monoisotopic (exact) mass is 409 g/mol. The molecule has 0 bridgehead atoms. The van der Waals surface area contributed by atoms with E-state index in [1.807, 2.05) is 50.2 Å². The number of benzene rings is 2. The summed E-state index contributed by atoms with van der Waals surface area (Å²) in [6, 6.07) is 15.9. The summed E-state index contributed by atoms with van der Waals surface area (Å²) in [5.41, 5.74) is 1.51. The second-order valence-corrected chi connectivity index (χ2v) is 8.83. The fourth-order valence-electron chi connectivity index (χ4n) is 2.69. The van der Waals surface area contributed by atoms with Crippen molar-refractivity contribution in [3.63, 3.8) is 0 Å². The molecular formula is C20H24ClNO4S. The normalized spacial score (nSPS) is 12.6. The number of rotatable bonds is 8. The molecule has 0 N–H and O–H groups in total. The van der Waals surface area contributed by atoms with E-state index >= 15 is 0 Å². The van der Waals surface area contributed by atoms with E-state index in [1.54, 1.807) is 23.1 Å². The molecule has 0 saturated carbocycles. The van der Waals surface area contributed by atoms with Gasteiger partial charge in [0.05, 0.1) is 6.26 Å². The molecule has 0 aliphatic carbocycles. The molecule has 0 spiro atoms. The summed E-state index contributed by atoms with van der Waals surface area (Å²) in [5.74, 6) is 0.285. The van der Waals surface area contributed by atoms with Gasteiger partial charge >= 0.3 is 10.1 Å². The summed E-state index contributed by atoms with van der Waals surface area (Å²) in [5, 5.41) is -0.777. The van der Waals surface area contributed by atoms with Gasteiger partial charge in [-0.15, -0.1) is 11.6 Å². The topological polar surface area (TPSA) is 63.7 Å². The van der Waals surface area contributed by atoms with Gasteiger partial charge in [0.25, 0.3) is 0 Å². The van der Waals surface area contributed by atoms with E-state index in [4.69, 9.17) is 15.8 Å². The minimum Gasteiger partial charge on any atom is -0.383 e. The van der Waals surface area contributed by atoms with Crippen molar-refractivity contribution in [1.29, 1.82) is 0 Å². The van der Waals surface area contributed by atoms with Gasteiger partial charge in [0.2, 0.25) is 5.91 Å². The predicted octanol–water partition coefficient (Wildman–Crippen LogP) is 3.99. The molecular weight excluding hydrogens is 386 g/mol. The van der Waals surface area contributed by atoms with Gasteiger partial charge in [-0.25, -0.2) is 0 Å². The Hall–Kier alpha value is -2.05. The van der Waals surface area contributed by atoms with Gasteiger partial charge in [0, 0.05) is 13.1 Å². The number of nitrogens with zero attached hydrogens (tertiary/aromatic N) is 1. The molecule has 5 nitrogen and oxygen atoms in total. The third-order valence-electron chi connectivity index (χ3n) is 3.73. The van der Waals surface area contributed by atoms with E-state index in [0.717, 1.165) is 17.4 Å². The number of hydrogen-bond donors (Lipinski definition) is 0. The van der Waals surface area contributed by atoms with E-state index < -0.39 is 15.5 Å². The van der Waals surface area contributed by atoms with Crippen LogP contribution >= 0.6 is 11.6 Å². The largest absolute Gasteiger partial charge is 0.383 e. The molecule has 0 saturated heterocycles. The highest BCUT2D eigenvalue weighted by Gasteiger charge is 2.24. The molecule has 1 atom stereocenters. The van der Waals surface area contributed by atoms with Crippen molar-refractivity contribution in [2.45, 2.75) is 25.8 Å². The molecule has 0 radical (unpaired) electrons. The van der Waals surface area contributed by atoms with Crippen molar-refractivity contribution in [3.8, 4) is 5.75 Å². The van der Waals surface area contributed by atoms with Crippen LogP contribution in [0.25, 0.3) is 0 Å². The van der Waals surface area contributed by atoms with Gasteiger partial charge < -0.3 is 9.08 Å². The van der Waals surface area contributed by atoms with E-state index in [1.165, 1.54) is 0 Å². The van der Waals surface area contributed by atoms with Crippen LogP contribution in [0.15, 0.2) is 54.6 Å². The highest BCUT2D eigenvalue weighted by Crippen LogP contribution is 2.25. The van der Waals surface area contributed by atoms with Gasteiger partial charge in [0.1, 0.15) is 11.1 Å². The lowest BCUT2D eigenvalue weighted by molar-refractivity contribution is -0.132. The third kappa shape index (κ3) is 6.88. The Kier molecular flexibility index (Phi) is 7.27. The molecule has 2 rings (SSSR count). The lowest BCUT2D eigenvalue weighted by atomic mass is 10.1. The molecule has 0 aliphatic heterocycles. The first kappa shape index (κ1) is 21.3. The average Bonchev–Trinajstić information content (AvgIpc) is 2.59. The first-order chi connectivity index (χ1) is 12.7. The molecule has 2 aromatic rings. The zero-order chi connectivity index (χ0) is 20.0. The maximum atomic E-state index is 13.0. The van der Waals surface area contributed by atoms with Crippen LogP contribution in [0.1, 0.15) is 30.4 Å². The number of hydrogen-bond acceptors (Lipinski definition) is 4. The van der Waals surface area contributed by atoms with Crippen LogP contribution in [0, 0.1) is 5.92 Å². The lowest BCUT2D eigenvalue weighted by Gasteiger charge is -2.27. The number of amides is 1. The smallest absolute Gasteiger partial charge is 0.306 e. The number of carbonyl (C=O) groups is 1. The highest BCUT2D eigenvalue weighted by molar-refractivity contribution is 7.86. The summed E-state index contributed by atoms with van der Waals surface area (Å²) >= 11 is 6.42. The SMILES string of the molecule is CC(C)CN(Cc1cccc(OS(C)(=O)=O)c1)C(=O)[C@H](Cl)c1ccccc1. The summed E-state index contributed by atoms with van der Waals surface area (Å²) < 4.78 is 27.6. The van der Waals surface area contributed by atoms with E-state index in [2.05, 4.69) is 0 Å². The molecule has 1 amide bonds. The van der Waals surface area contributed by atoms with E-state index in [0.29, 0.717) is 13.1 Å². The Labute approximate surface area is 166 Å². The minimum absolute atomic E-state index is 0.189. The van der Waals surface area contributed by atoms with Crippen LogP contribution in [-0.4, -0.2) is 32.0 Å². The van der Waals surface area contributed by atoms with Gasteiger partial charge in [0.15, 0.2) is 0 Å². The second kappa shape index (κ2) is 9.24. The molecule has 0 aromatic heterocycles. The number of alkyl halides is 1. The first-order valence-corrected chi connectivity index (χ1v) is 10.9. The number of halogens is 1. The quantitative estimate of drug-likeness (QED) is 0.488. The highest BCUT2D eigenvalue weighted by atomic mass is 35.5. The summed E-state index contributed by atoms with van der Waals surface area (Å²) in [4.78, 5) is 14.7. The van der Waals surface area contributed by atoms with Gasteiger partial charge in [-0.3, -0.25) is 4.79 Å². The van der Waals surface area contributed by atoms with Crippen LogP contribution in [0.2, 0.25) is 0 Å². The molecule has 0 unspecified atom stereocenters. The standard InChI is InChI=1S/C20H24ClNO4S/c1-15(2)13-22(20(23)19(21)17-9-5-4-6-10-17)14-16-8-7-11-18(12-16)26-27(3,24)25/h4-12,15,19H,13-14H2,1-3H3/t19-/m1/s1. The van der Waals surface area contributed by atoms with Crippen molar-refractivity contribution < 1.29 is 17.4 Å². The third-order valence-corrected chi connectivity index (χ3v) is 4.66. The Bertz CT molecular complexity index is 869. The Morgan fingerprint density at radius 3 is 2.37 bits per heavy atom. The van der Waals surface area contributed by atoms with Crippen molar-refractivity contribution in [3.05, 3.63) is 65.7 Å². The zero-order valence-electron chi connectivity index (χ0n) is 15.6. The van der Waals surface area contributed by atoms with Crippen molar-refractivity contribution >= 4 is 27.6 Å². The Morgan fingerprint density at radius 2 is 1.78 bits per heavy atom. The molecule has 7 heteroatoms. The minimum atomic E-state index is -3.61. The first-order valence-electron chi connectivity index (χ1n) is 8.62. The fraction of sp³-hybridized carbons (Fsp3) is 0.350. The van der Waals surface area contributed by atoms with Gasteiger partial charge in [-0.2, -0.15) is 8.42 Å². The summed E-state index contributed by atoms with van der Waals surface area (Å²) in [6.07, 6.45) is 0.992. The maximum Gasteiger partial charge on any atom is 0.306 e. The van der Waals surface area contributed by atoms with E-state index in [9.17, 15) is 13.2 Å². The average molecular weight is 410 g/mol. The fourth-order valence-corrected chi connectivity index (χ4v) is 3.43. The maximum absolute atomic E-state index is 13.0. The summed E-state index contributed by atoms with van der Waals surface area (Å²) in [7, 11) is -3.61. The van der Waals surface area contributed by atoms with Crippen molar-refractivity contribution in [2.24, 2.45) is 5.92 Å². The van der Waals surface area contributed by atoms with Crippen LogP contribution in [-0.2, 0) is 21.5 Å². The predicted molar refractivity (Wildman–Crippen MR) is 107 cm³/mol. The lowest BCUT2D eigenvalue weighted by Crippen LogP contribution is -2.36. The molecule has 2 aromatic carbocycles. The molecule has 0 fully saturated rings. The molecule has 0 aliphatic rings. The zero-order valence-corrected chi connectivity index (χ0v) is 17.2. The van der Waals surface area contributed by atoms with Crippen LogP contribution in [0.5, 0.6) is 5.75 Å². The van der Waals surface area contributed by atoms with Crippen LogP contribution in [0.4, 0.5) is 0 Å². The summed E-state index contributed by atoms with van der Waals surface area (Å²) in [6.45, 7) is 4.89. The molecule has 27 heavy (non-hydrogen) atoms. The van der Waals surface area contributed by atoms with Crippen LogP contribution in [0.3, 0.4) is 0 Å². The van der Waals surface area contributed by atoms with Crippen molar-refractivity contribution in [1.82, 2.24) is 4.90 Å². The van der Waals surface area contributed by atoms with Crippen LogP contribution < -0.4 is 4.18 Å².